The lowest BCUT2D eigenvalue weighted by molar-refractivity contribution is -0.134. The summed E-state index contributed by atoms with van der Waals surface area (Å²) in [6.07, 6.45) is 4.93. The van der Waals surface area contributed by atoms with E-state index in [1.165, 1.54) is 18.7 Å². The number of carbonyl (C=O) groups excluding carboxylic acids is 1. The summed E-state index contributed by atoms with van der Waals surface area (Å²) in [5.41, 5.74) is 3.17. The Balaban J connectivity index is 1.66. The summed E-state index contributed by atoms with van der Waals surface area (Å²) < 4.78 is 4.61. The van der Waals surface area contributed by atoms with E-state index in [4.69, 9.17) is 0 Å². The van der Waals surface area contributed by atoms with Crippen molar-refractivity contribution in [3.63, 3.8) is 0 Å². The predicted octanol–water partition coefficient (Wildman–Crippen LogP) is 3.74. The first-order valence-corrected chi connectivity index (χ1v) is 9.00. The van der Waals surface area contributed by atoms with Gasteiger partial charge in [-0.25, -0.2) is 4.79 Å². The van der Waals surface area contributed by atoms with Crippen LogP contribution in [-0.2, 0) is 9.53 Å². The molecule has 3 rings (SSSR count). The van der Waals surface area contributed by atoms with Gasteiger partial charge in [-0.3, -0.25) is 4.90 Å². The van der Waals surface area contributed by atoms with E-state index in [9.17, 15) is 9.90 Å². The van der Waals surface area contributed by atoms with Crippen molar-refractivity contribution in [3.05, 3.63) is 77.4 Å². The molecule has 0 bridgehead atoms. The van der Waals surface area contributed by atoms with Crippen molar-refractivity contribution in [2.45, 2.75) is 25.0 Å². The van der Waals surface area contributed by atoms with Crippen LogP contribution in [0.1, 0.15) is 41.7 Å². The highest BCUT2D eigenvalue weighted by Gasteiger charge is 2.27. The van der Waals surface area contributed by atoms with Gasteiger partial charge in [0.15, 0.2) is 0 Å². The van der Waals surface area contributed by atoms with E-state index in [1.54, 1.807) is 6.08 Å². The third kappa shape index (κ3) is 4.59. The van der Waals surface area contributed by atoms with E-state index in [0.717, 1.165) is 30.5 Å². The van der Waals surface area contributed by atoms with Crippen LogP contribution in [0.5, 0.6) is 0 Å². The van der Waals surface area contributed by atoms with Crippen molar-refractivity contribution >= 4 is 12.0 Å². The van der Waals surface area contributed by atoms with Crippen molar-refractivity contribution in [3.8, 4) is 0 Å². The van der Waals surface area contributed by atoms with Crippen LogP contribution in [0.3, 0.4) is 0 Å². The summed E-state index contributed by atoms with van der Waals surface area (Å²) in [7, 11) is 1.37. The van der Waals surface area contributed by atoms with Crippen LogP contribution in [0.2, 0.25) is 0 Å². The fourth-order valence-corrected chi connectivity index (χ4v) is 3.49. The first kappa shape index (κ1) is 18.4. The van der Waals surface area contributed by atoms with Gasteiger partial charge in [0.2, 0.25) is 0 Å². The summed E-state index contributed by atoms with van der Waals surface area (Å²) in [4.78, 5) is 13.5. The number of carbonyl (C=O) groups is 1. The van der Waals surface area contributed by atoms with Gasteiger partial charge in [0.05, 0.1) is 13.2 Å². The van der Waals surface area contributed by atoms with Crippen LogP contribution in [0.4, 0.5) is 0 Å². The minimum atomic E-state index is -0.473. The van der Waals surface area contributed by atoms with E-state index in [1.807, 2.05) is 42.5 Å². The minimum Gasteiger partial charge on any atom is -0.466 e. The van der Waals surface area contributed by atoms with Gasteiger partial charge in [0.25, 0.3) is 0 Å². The highest BCUT2D eigenvalue weighted by molar-refractivity contribution is 5.86. The molecule has 1 heterocycles. The molecule has 4 heteroatoms. The molecule has 0 amide bonds. The molecule has 136 valence electrons. The highest BCUT2D eigenvalue weighted by Crippen LogP contribution is 2.33. The molecule has 0 radical (unpaired) electrons. The largest absolute Gasteiger partial charge is 0.466 e. The molecule has 1 N–H and O–H groups in total. The molecule has 2 atom stereocenters. The average Bonchev–Trinajstić information content (AvgIpc) is 3.15. The number of benzene rings is 2. The van der Waals surface area contributed by atoms with Gasteiger partial charge >= 0.3 is 5.97 Å². The number of methoxy groups -OCH3 is 1. The SMILES string of the molecule is COC(=O)/C=C/c1ccc([C@@H]2CCCN2CC(O)c2ccccc2)cc1. The Kier molecular flexibility index (Phi) is 6.21. The molecule has 1 aliphatic heterocycles. The lowest BCUT2D eigenvalue weighted by Crippen LogP contribution is -2.28. The Morgan fingerprint density at radius 3 is 2.65 bits per heavy atom. The number of likely N-dealkylation sites (tertiary alicyclic amines) is 1. The number of aliphatic hydroxyl groups excluding tert-OH is 1. The maximum atomic E-state index is 11.2. The summed E-state index contributed by atoms with van der Waals surface area (Å²) >= 11 is 0. The van der Waals surface area contributed by atoms with Gasteiger partial charge < -0.3 is 9.84 Å². The summed E-state index contributed by atoms with van der Waals surface area (Å²) in [6.45, 7) is 1.64. The number of aliphatic hydroxyl groups is 1. The maximum absolute atomic E-state index is 11.2. The molecule has 0 aliphatic carbocycles. The standard InChI is InChI=1S/C22H25NO3/c1-26-22(25)14-11-17-9-12-18(13-10-17)20-8-5-15-23(20)16-21(24)19-6-3-2-4-7-19/h2-4,6-7,9-14,20-21,24H,5,8,15-16H2,1H3/b14-11+/t20-,21?/m0/s1. The fraction of sp³-hybridized carbons (Fsp3) is 0.318. The Morgan fingerprint density at radius 2 is 1.96 bits per heavy atom. The zero-order chi connectivity index (χ0) is 18.4. The van der Waals surface area contributed by atoms with Gasteiger partial charge in [0, 0.05) is 18.7 Å². The van der Waals surface area contributed by atoms with E-state index >= 15 is 0 Å². The summed E-state index contributed by atoms with van der Waals surface area (Å²) in [5, 5.41) is 10.5. The quantitative estimate of drug-likeness (QED) is 0.636. The lowest BCUT2D eigenvalue weighted by atomic mass is 10.0. The zero-order valence-electron chi connectivity index (χ0n) is 15.0. The van der Waals surface area contributed by atoms with Crippen molar-refractivity contribution in [1.82, 2.24) is 4.90 Å². The normalized spacial score (nSPS) is 18.9. The molecule has 1 aliphatic rings. The molecule has 0 saturated carbocycles. The molecule has 1 unspecified atom stereocenters. The molecule has 2 aromatic carbocycles. The second-order valence-corrected chi connectivity index (χ2v) is 6.60. The molecule has 4 nitrogen and oxygen atoms in total. The fourth-order valence-electron chi connectivity index (χ4n) is 3.49. The number of β-amino-alcohol motifs (C(OH)–C–C–N with tert-alkyl or cyclic N) is 1. The second kappa shape index (κ2) is 8.79. The van der Waals surface area contributed by atoms with Crippen LogP contribution >= 0.6 is 0 Å². The number of esters is 1. The van der Waals surface area contributed by atoms with Crippen LogP contribution in [0.15, 0.2) is 60.7 Å². The summed E-state index contributed by atoms with van der Waals surface area (Å²) in [5.74, 6) is -0.356. The van der Waals surface area contributed by atoms with Gasteiger partial charge in [-0.1, -0.05) is 54.6 Å². The Bertz CT molecular complexity index is 740. The molecular weight excluding hydrogens is 326 g/mol. The molecular formula is C22H25NO3. The molecule has 0 aromatic heterocycles. The number of hydrogen-bond donors (Lipinski definition) is 1. The smallest absolute Gasteiger partial charge is 0.330 e. The van der Waals surface area contributed by atoms with Gasteiger partial charge in [0.1, 0.15) is 0 Å². The van der Waals surface area contributed by atoms with Crippen molar-refractivity contribution < 1.29 is 14.6 Å². The first-order chi connectivity index (χ1) is 12.7. The highest BCUT2D eigenvalue weighted by atomic mass is 16.5. The van der Waals surface area contributed by atoms with Crippen LogP contribution in [-0.4, -0.2) is 36.2 Å². The average molecular weight is 351 g/mol. The van der Waals surface area contributed by atoms with E-state index in [2.05, 4.69) is 21.8 Å². The van der Waals surface area contributed by atoms with E-state index in [-0.39, 0.29) is 5.97 Å². The Hall–Kier alpha value is -2.43. The first-order valence-electron chi connectivity index (χ1n) is 9.00. The molecule has 1 fully saturated rings. The Labute approximate surface area is 154 Å². The van der Waals surface area contributed by atoms with Crippen molar-refractivity contribution in [2.24, 2.45) is 0 Å². The van der Waals surface area contributed by atoms with Crippen LogP contribution in [0.25, 0.3) is 6.08 Å². The van der Waals surface area contributed by atoms with Gasteiger partial charge in [-0.15, -0.1) is 0 Å². The predicted molar refractivity (Wildman–Crippen MR) is 102 cm³/mol. The topological polar surface area (TPSA) is 49.8 Å². The number of rotatable bonds is 6. The summed E-state index contributed by atoms with van der Waals surface area (Å²) in [6, 6.07) is 18.4. The Morgan fingerprint density at radius 1 is 1.23 bits per heavy atom. The van der Waals surface area contributed by atoms with Crippen molar-refractivity contribution in [1.29, 1.82) is 0 Å². The third-order valence-corrected chi connectivity index (χ3v) is 4.89. The van der Waals surface area contributed by atoms with Gasteiger partial charge in [-0.2, -0.15) is 0 Å². The van der Waals surface area contributed by atoms with Crippen LogP contribution < -0.4 is 0 Å². The number of hydrogen-bond acceptors (Lipinski definition) is 4. The molecule has 2 aromatic rings. The number of nitrogens with zero attached hydrogens (tertiary/aromatic N) is 1. The number of ether oxygens (including phenoxy) is 1. The zero-order valence-corrected chi connectivity index (χ0v) is 15.0. The molecule has 26 heavy (non-hydrogen) atoms. The molecule has 0 spiro atoms. The maximum Gasteiger partial charge on any atom is 0.330 e. The minimum absolute atomic E-state index is 0.326. The third-order valence-electron chi connectivity index (χ3n) is 4.89. The monoisotopic (exact) mass is 351 g/mol. The van der Waals surface area contributed by atoms with E-state index < -0.39 is 6.10 Å². The van der Waals surface area contributed by atoms with Crippen LogP contribution in [0, 0.1) is 0 Å². The van der Waals surface area contributed by atoms with Crippen molar-refractivity contribution in [2.75, 3.05) is 20.2 Å². The lowest BCUT2D eigenvalue weighted by Gasteiger charge is -2.27. The van der Waals surface area contributed by atoms with Gasteiger partial charge in [-0.05, 0) is 42.2 Å². The molecule has 1 saturated heterocycles. The van der Waals surface area contributed by atoms with E-state index in [0.29, 0.717) is 12.6 Å². The second-order valence-electron chi connectivity index (χ2n) is 6.60.